The summed E-state index contributed by atoms with van der Waals surface area (Å²) in [6.07, 6.45) is 0.453. The van der Waals surface area contributed by atoms with E-state index < -0.39 is 23.7 Å². The van der Waals surface area contributed by atoms with Gasteiger partial charge in [-0.1, -0.05) is 6.07 Å². The second kappa shape index (κ2) is 6.64. The molecule has 0 aromatic heterocycles. The highest BCUT2D eigenvalue weighted by Gasteiger charge is 2.31. The van der Waals surface area contributed by atoms with E-state index in [1.54, 1.807) is 13.0 Å². The molecular formula is C15H19FN2O4. The summed E-state index contributed by atoms with van der Waals surface area (Å²) in [5.74, 6) is -1.75. The summed E-state index contributed by atoms with van der Waals surface area (Å²) in [6, 6.07) is 3.76. The number of carboxylic acids is 1. The molecule has 0 saturated carbocycles. The van der Waals surface area contributed by atoms with Crippen LogP contribution in [-0.2, 0) is 4.79 Å². The Morgan fingerprint density at radius 1 is 1.50 bits per heavy atom. The van der Waals surface area contributed by atoms with E-state index in [1.807, 2.05) is 0 Å². The Balaban J connectivity index is 1.97. The summed E-state index contributed by atoms with van der Waals surface area (Å²) < 4.78 is 18.5. The zero-order valence-corrected chi connectivity index (χ0v) is 12.5. The van der Waals surface area contributed by atoms with Gasteiger partial charge in [-0.05, 0) is 31.0 Å². The van der Waals surface area contributed by atoms with Gasteiger partial charge in [-0.25, -0.2) is 9.18 Å². The molecule has 2 rings (SSSR count). The number of nitrogens with zero attached hydrogens (tertiary/aromatic N) is 1. The van der Waals surface area contributed by atoms with Crippen LogP contribution in [0.1, 0.15) is 24.9 Å². The van der Waals surface area contributed by atoms with E-state index in [4.69, 9.17) is 9.84 Å². The zero-order valence-electron chi connectivity index (χ0n) is 12.5. The van der Waals surface area contributed by atoms with Crippen LogP contribution in [0.15, 0.2) is 18.2 Å². The molecule has 1 aliphatic rings. The van der Waals surface area contributed by atoms with E-state index in [9.17, 15) is 14.0 Å². The number of rotatable bonds is 4. The number of hydrogen-bond acceptors (Lipinski definition) is 3. The molecule has 0 bridgehead atoms. The van der Waals surface area contributed by atoms with Gasteiger partial charge in [-0.3, -0.25) is 4.79 Å². The number of ether oxygens (including phenoxy) is 1. The number of carbonyl (C=O) groups excluding carboxylic acids is 1. The Hall–Kier alpha value is -2.31. The number of methoxy groups -OCH3 is 1. The molecule has 0 spiro atoms. The molecule has 22 heavy (non-hydrogen) atoms. The molecular weight excluding hydrogens is 291 g/mol. The van der Waals surface area contributed by atoms with Crippen LogP contribution >= 0.6 is 0 Å². The van der Waals surface area contributed by atoms with Gasteiger partial charge in [0.05, 0.1) is 19.1 Å². The lowest BCUT2D eigenvalue weighted by Crippen LogP contribution is -2.40. The van der Waals surface area contributed by atoms with Gasteiger partial charge in [-0.2, -0.15) is 0 Å². The number of carbonyl (C=O) groups is 2. The normalized spacial score (nSPS) is 18.9. The molecule has 6 nitrogen and oxygen atoms in total. The number of carboxylic acid groups (broad SMARTS) is 1. The summed E-state index contributed by atoms with van der Waals surface area (Å²) in [5.41, 5.74) is 0.612. The molecule has 7 heteroatoms. The van der Waals surface area contributed by atoms with Crippen molar-refractivity contribution in [3.63, 3.8) is 0 Å². The first-order valence-electron chi connectivity index (χ1n) is 7.04. The van der Waals surface area contributed by atoms with Crippen LogP contribution in [-0.4, -0.2) is 42.2 Å². The van der Waals surface area contributed by atoms with Crippen LogP contribution < -0.4 is 10.1 Å². The molecule has 1 fully saturated rings. The van der Waals surface area contributed by atoms with Crippen molar-refractivity contribution in [1.82, 2.24) is 10.2 Å². The maximum atomic E-state index is 13.7. The minimum Gasteiger partial charge on any atom is -0.494 e. The van der Waals surface area contributed by atoms with Crippen LogP contribution in [0.3, 0.4) is 0 Å². The molecule has 2 atom stereocenters. The first-order chi connectivity index (χ1) is 10.4. The monoisotopic (exact) mass is 310 g/mol. The number of hydrogen-bond donors (Lipinski definition) is 2. The van der Waals surface area contributed by atoms with Gasteiger partial charge in [0.2, 0.25) is 0 Å². The Morgan fingerprint density at radius 2 is 2.23 bits per heavy atom. The fraction of sp³-hybridized carbons (Fsp3) is 0.467. The molecule has 1 aromatic carbocycles. The van der Waals surface area contributed by atoms with E-state index in [2.05, 4.69) is 5.32 Å². The molecule has 0 radical (unpaired) electrons. The lowest BCUT2D eigenvalue weighted by molar-refractivity contribution is -0.141. The Bertz CT molecular complexity index is 579. The van der Waals surface area contributed by atoms with Crippen molar-refractivity contribution in [3.05, 3.63) is 29.6 Å². The highest BCUT2D eigenvalue weighted by atomic mass is 19.1. The molecule has 2 amide bonds. The van der Waals surface area contributed by atoms with Crippen molar-refractivity contribution in [2.75, 3.05) is 20.2 Å². The summed E-state index contributed by atoms with van der Waals surface area (Å²) >= 11 is 0. The minimum absolute atomic E-state index is 0.145. The summed E-state index contributed by atoms with van der Waals surface area (Å²) in [7, 11) is 1.38. The smallest absolute Gasteiger partial charge is 0.317 e. The number of amides is 2. The van der Waals surface area contributed by atoms with E-state index >= 15 is 0 Å². The van der Waals surface area contributed by atoms with Crippen LogP contribution in [0.4, 0.5) is 9.18 Å². The minimum atomic E-state index is -0.888. The Morgan fingerprint density at radius 3 is 2.77 bits per heavy atom. The molecule has 120 valence electrons. The summed E-state index contributed by atoms with van der Waals surface area (Å²) in [5, 5.41) is 11.7. The van der Waals surface area contributed by atoms with Crippen molar-refractivity contribution in [3.8, 4) is 5.75 Å². The molecule has 1 saturated heterocycles. The second-order valence-electron chi connectivity index (χ2n) is 5.34. The van der Waals surface area contributed by atoms with Gasteiger partial charge in [0, 0.05) is 13.1 Å². The largest absolute Gasteiger partial charge is 0.494 e. The first-order valence-corrected chi connectivity index (χ1v) is 7.04. The maximum absolute atomic E-state index is 13.7. The second-order valence-corrected chi connectivity index (χ2v) is 5.34. The maximum Gasteiger partial charge on any atom is 0.317 e. The average molecular weight is 310 g/mol. The SMILES string of the molecule is COc1ccc(C(C)NC(=O)N2CCC(C(=O)O)C2)cc1F. The topological polar surface area (TPSA) is 78.9 Å². The fourth-order valence-electron chi connectivity index (χ4n) is 2.46. The van der Waals surface area contributed by atoms with Crippen molar-refractivity contribution < 1.29 is 23.8 Å². The van der Waals surface area contributed by atoms with Crippen molar-refractivity contribution in [2.24, 2.45) is 5.92 Å². The van der Waals surface area contributed by atoms with Crippen LogP contribution in [0, 0.1) is 11.7 Å². The van der Waals surface area contributed by atoms with Gasteiger partial charge in [-0.15, -0.1) is 0 Å². The van der Waals surface area contributed by atoms with Crippen LogP contribution in [0.2, 0.25) is 0 Å². The molecule has 1 aromatic rings. The predicted octanol–water partition coefficient (Wildman–Crippen LogP) is 2.01. The number of nitrogens with one attached hydrogen (secondary N) is 1. The van der Waals surface area contributed by atoms with Crippen molar-refractivity contribution in [1.29, 1.82) is 0 Å². The van der Waals surface area contributed by atoms with Crippen molar-refractivity contribution >= 4 is 12.0 Å². The molecule has 1 aliphatic heterocycles. The number of benzene rings is 1. The lowest BCUT2D eigenvalue weighted by atomic mass is 10.1. The van der Waals surface area contributed by atoms with Gasteiger partial charge in [0.1, 0.15) is 0 Å². The summed E-state index contributed by atoms with van der Waals surface area (Å²) in [4.78, 5) is 24.5. The number of aliphatic carboxylic acids is 1. The first kappa shape index (κ1) is 16.1. The van der Waals surface area contributed by atoms with E-state index in [1.165, 1.54) is 24.1 Å². The van der Waals surface area contributed by atoms with E-state index in [0.717, 1.165) is 0 Å². The average Bonchev–Trinajstić information content (AvgIpc) is 2.97. The highest BCUT2D eigenvalue weighted by Crippen LogP contribution is 2.22. The molecule has 1 heterocycles. The molecule has 2 unspecified atom stereocenters. The van der Waals surface area contributed by atoms with Gasteiger partial charge in [0.25, 0.3) is 0 Å². The third kappa shape index (κ3) is 3.47. The van der Waals surface area contributed by atoms with Crippen LogP contribution in [0.5, 0.6) is 5.75 Å². The zero-order chi connectivity index (χ0) is 16.3. The summed E-state index contributed by atoms with van der Waals surface area (Å²) in [6.45, 7) is 2.35. The molecule has 0 aliphatic carbocycles. The third-order valence-corrected chi connectivity index (χ3v) is 3.84. The highest BCUT2D eigenvalue weighted by molar-refractivity contribution is 5.77. The number of likely N-dealkylation sites (tertiary alicyclic amines) is 1. The standard InChI is InChI=1S/C15H19FN2O4/c1-9(10-3-4-13(22-2)12(16)7-10)17-15(21)18-6-5-11(8-18)14(19)20/h3-4,7,9,11H,5-6,8H2,1-2H3,(H,17,21)(H,19,20). The Labute approximate surface area is 127 Å². The van der Waals surface area contributed by atoms with E-state index in [0.29, 0.717) is 18.5 Å². The third-order valence-electron chi connectivity index (χ3n) is 3.84. The predicted molar refractivity (Wildman–Crippen MR) is 77.2 cm³/mol. The molecule has 2 N–H and O–H groups in total. The van der Waals surface area contributed by atoms with Crippen LogP contribution in [0.25, 0.3) is 0 Å². The lowest BCUT2D eigenvalue weighted by Gasteiger charge is -2.21. The fourth-order valence-corrected chi connectivity index (χ4v) is 2.46. The number of halogens is 1. The van der Waals surface area contributed by atoms with E-state index in [-0.39, 0.29) is 18.3 Å². The van der Waals surface area contributed by atoms with Crippen molar-refractivity contribution in [2.45, 2.75) is 19.4 Å². The van der Waals surface area contributed by atoms with Gasteiger partial charge in [0.15, 0.2) is 11.6 Å². The quantitative estimate of drug-likeness (QED) is 0.891. The van der Waals surface area contributed by atoms with Gasteiger partial charge >= 0.3 is 12.0 Å². The number of urea groups is 1. The van der Waals surface area contributed by atoms with Gasteiger partial charge < -0.3 is 20.1 Å². The Kier molecular flexibility index (Phi) is 4.85.